The molecule has 1 rings (SSSR count). The third-order valence-electron chi connectivity index (χ3n) is 3.08. The molecule has 0 fully saturated rings. The molecule has 0 heterocycles. The van der Waals surface area contributed by atoms with Crippen molar-refractivity contribution in [3.05, 3.63) is 41.5 Å². The largest absolute Gasteiger partial charge is 0.385 e. The number of hydrogen-bond acceptors (Lipinski definition) is 2. The molecule has 0 atom stereocenters. The van der Waals surface area contributed by atoms with E-state index in [-0.39, 0.29) is 0 Å². The lowest BCUT2D eigenvalue weighted by molar-refractivity contribution is 0.646. The fraction of sp³-hybridized carbons (Fsp3) is 0.471. The number of nitrogens with zero attached hydrogens (tertiary/aromatic N) is 1. The van der Waals surface area contributed by atoms with Gasteiger partial charge in [0.2, 0.25) is 0 Å². The van der Waals surface area contributed by atoms with E-state index in [9.17, 15) is 5.26 Å². The van der Waals surface area contributed by atoms with Crippen molar-refractivity contribution >= 4 is 5.70 Å². The number of unbranched alkanes of at least 4 members (excludes halogenated alkanes) is 1. The first kappa shape index (κ1) is 15.3. The van der Waals surface area contributed by atoms with Crippen LogP contribution in [0.4, 0.5) is 0 Å². The van der Waals surface area contributed by atoms with Gasteiger partial charge in [-0.05, 0) is 36.0 Å². The SMILES string of the molecule is C=C(NCCCC)c1ccc(CC(C)C)c(C#N)c1. The highest BCUT2D eigenvalue weighted by atomic mass is 14.9. The van der Waals surface area contributed by atoms with Crippen LogP contribution in [0.25, 0.3) is 5.70 Å². The van der Waals surface area contributed by atoms with Crippen molar-refractivity contribution in [2.24, 2.45) is 5.92 Å². The minimum Gasteiger partial charge on any atom is -0.385 e. The Morgan fingerprint density at radius 3 is 2.74 bits per heavy atom. The average molecular weight is 256 g/mol. The van der Waals surface area contributed by atoms with E-state index in [0.717, 1.165) is 48.2 Å². The van der Waals surface area contributed by atoms with E-state index in [0.29, 0.717) is 5.92 Å². The zero-order valence-corrected chi connectivity index (χ0v) is 12.3. The number of benzene rings is 1. The van der Waals surface area contributed by atoms with Crippen LogP contribution in [0.3, 0.4) is 0 Å². The Balaban J connectivity index is 2.82. The van der Waals surface area contributed by atoms with Gasteiger partial charge in [-0.25, -0.2) is 0 Å². The van der Waals surface area contributed by atoms with Crippen molar-refractivity contribution in [1.29, 1.82) is 5.26 Å². The molecule has 0 bridgehead atoms. The quantitative estimate of drug-likeness (QED) is 0.745. The summed E-state index contributed by atoms with van der Waals surface area (Å²) in [4.78, 5) is 0. The van der Waals surface area contributed by atoms with Crippen molar-refractivity contribution in [3.63, 3.8) is 0 Å². The van der Waals surface area contributed by atoms with Crippen LogP contribution in [0.15, 0.2) is 24.8 Å². The van der Waals surface area contributed by atoms with Gasteiger partial charge in [0.1, 0.15) is 0 Å². The van der Waals surface area contributed by atoms with Crippen LogP contribution in [0.1, 0.15) is 50.3 Å². The molecule has 0 aliphatic carbocycles. The molecule has 0 aliphatic rings. The highest BCUT2D eigenvalue weighted by Crippen LogP contribution is 2.18. The van der Waals surface area contributed by atoms with Gasteiger partial charge in [0.25, 0.3) is 0 Å². The van der Waals surface area contributed by atoms with Crippen molar-refractivity contribution in [2.75, 3.05) is 6.54 Å². The highest BCUT2D eigenvalue weighted by Gasteiger charge is 2.07. The van der Waals surface area contributed by atoms with Crippen molar-refractivity contribution < 1.29 is 0 Å². The summed E-state index contributed by atoms with van der Waals surface area (Å²) >= 11 is 0. The van der Waals surface area contributed by atoms with Crippen LogP contribution in [0, 0.1) is 17.2 Å². The van der Waals surface area contributed by atoms with E-state index in [1.807, 2.05) is 6.07 Å². The zero-order valence-electron chi connectivity index (χ0n) is 12.3. The van der Waals surface area contributed by atoms with Gasteiger partial charge in [-0.3, -0.25) is 0 Å². The minimum absolute atomic E-state index is 0.559. The molecule has 0 saturated carbocycles. The Hall–Kier alpha value is -1.75. The third-order valence-corrected chi connectivity index (χ3v) is 3.08. The third kappa shape index (κ3) is 4.79. The molecule has 19 heavy (non-hydrogen) atoms. The van der Waals surface area contributed by atoms with E-state index in [4.69, 9.17) is 0 Å². The molecule has 1 aromatic carbocycles. The monoisotopic (exact) mass is 256 g/mol. The highest BCUT2D eigenvalue weighted by molar-refractivity contribution is 5.64. The Morgan fingerprint density at radius 1 is 1.42 bits per heavy atom. The molecule has 2 nitrogen and oxygen atoms in total. The molecule has 0 spiro atoms. The summed E-state index contributed by atoms with van der Waals surface area (Å²) in [6.45, 7) is 11.5. The number of nitriles is 1. The second-order valence-corrected chi connectivity index (χ2v) is 5.34. The summed E-state index contributed by atoms with van der Waals surface area (Å²) in [5.74, 6) is 0.559. The Bertz CT molecular complexity index is 467. The van der Waals surface area contributed by atoms with Crippen LogP contribution in [0.5, 0.6) is 0 Å². The first-order valence-electron chi connectivity index (χ1n) is 7.04. The molecule has 0 radical (unpaired) electrons. The first-order valence-corrected chi connectivity index (χ1v) is 7.04. The topological polar surface area (TPSA) is 35.8 Å². The van der Waals surface area contributed by atoms with Crippen LogP contribution in [-0.4, -0.2) is 6.54 Å². The van der Waals surface area contributed by atoms with Gasteiger partial charge in [0.15, 0.2) is 0 Å². The molecule has 0 unspecified atom stereocenters. The normalized spacial score (nSPS) is 10.3. The number of hydrogen-bond donors (Lipinski definition) is 1. The summed E-state index contributed by atoms with van der Waals surface area (Å²) in [6, 6.07) is 8.35. The maximum absolute atomic E-state index is 9.25. The molecule has 1 N–H and O–H groups in total. The Morgan fingerprint density at radius 2 is 2.16 bits per heavy atom. The molecule has 0 amide bonds. The lowest BCUT2D eigenvalue weighted by Crippen LogP contribution is -2.13. The molecule has 0 aromatic heterocycles. The van der Waals surface area contributed by atoms with Crippen molar-refractivity contribution in [2.45, 2.75) is 40.0 Å². The van der Waals surface area contributed by atoms with Gasteiger partial charge in [-0.2, -0.15) is 5.26 Å². The summed E-state index contributed by atoms with van der Waals surface area (Å²) in [5.41, 5.74) is 3.81. The molecule has 0 aliphatic heterocycles. The summed E-state index contributed by atoms with van der Waals surface area (Å²) in [6.07, 6.45) is 3.24. The molecular formula is C17H24N2. The maximum Gasteiger partial charge on any atom is 0.0994 e. The van der Waals surface area contributed by atoms with E-state index in [1.165, 1.54) is 0 Å². The standard InChI is InChI=1S/C17H24N2/c1-5-6-9-19-14(4)15-7-8-16(10-13(2)3)17(11-15)12-18/h7-8,11,13,19H,4-6,9-10H2,1-3H3. The van der Waals surface area contributed by atoms with Crippen LogP contribution in [0.2, 0.25) is 0 Å². The lowest BCUT2D eigenvalue weighted by Gasteiger charge is -2.12. The average Bonchev–Trinajstić information content (AvgIpc) is 2.38. The van der Waals surface area contributed by atoms with Gasteiger partial charge >= 0.3 is 0 Å². The molecular weight excluding hydrogens is 232 g/mol. The fourth-order valence-corrected chi connectivity index (χ4v) is 2.00. The van der Waals surface area contributed by atoms with Gasteiger partial charge in [-0.1, -0.05) is 45.9 Å². The zero-order chi connectivity index (χ0) is 14.3. The fourth-order valence-electron chi connectivity index (χ4n) is 2.00. The van der Waals surface area contributed by atoms with Crippen LogP contribution < -0.4 is 5.32 Å². The van der Waals surface area contributed by atoms with Gasteiger partial charge in [-0.15, -0.1) is 0 Å². The Kier molecular flexibility index (Phi) is 6.15. The summed E-state index contributed by atoms with van der Waals surface area (Å²) in [7, 11) is 0. The van der Waals surface area contributed by atoms with Crippen molar-refractivity contribution in [3.8, 4) is 6.07 Å². The van der Waals surface area contributed by atoms with Crippen LogP contribution in [-0.2, 0) is 6.42 Å². The van der Waals surface area contributed by atoms with E-state index < -0.39 is 0 Å². The number of nitrogens with one attached hydrogen (secondary N) is 1. The van der Waals surface area contributed by atoms with Crippen molar-refractivity contribution in [1.82, 2.24) is 5.32 Å². The lowest BCUT2D eigenvalue weighted by atomic mass is 9.96. The van der Waals surface area contributed by atoms with Crippen LogP contribution >= 0.6 is 0 Å². The summed E-state index contributed by atoms with van der Waals surface area (Å²) < 4.78 is 0. The summed E-state index contributed by atoms with van der Waals surface area (Å²) in [5, 5.41) is 12.6. The molecule has 0 saturated heterocycles. The second kappa shape index (κ2) is 7.63. The van der Waals surface area contributed by atoms with E-state index in [2.05, 4.69) is 50.9 Å². The van der Waals surface area contributed by atoms with E-state index >= 15 is 0 Å². The van der Waals surface area contributed by atoms with Gasteiger partial charge in [0, 0.05) is 12.2 Å². The number of rotatable bonds is 7. The van der Waals surface area contributed by atoms with E-state index in [1.54, 1.807) is 0 Å². The first-order chi connectivity index (χ1) is 9.08. The predicted molar refractivity (Wildman–Crippen MR) is 81.6 cm³/mol. The van der Waals surface area contributed by atoms with Gasteiger partial charge in [0.05, 0.1) is 11.6 Å². The minimum atomic E-state index is 0.559. The second-order valence-electron chi connectivity index (χ2n) is 5.34. The molecule has 2 heteroatoms. The maximum atomic E-state index is 9.25. The smallest absolute Gasteiger partial charge is 0.0994 e. The molecule has 1 aromatic rings. The predicted octanol–water partition coefficient (Wildman–Crippen LogP) is 4.12. The van der Waals surface area contributed by atoms with Gasteiger partial charge < -0.3 is 5.32 Å². The Labute approximate surface area is 117 Å². The molecule has 102 valence electrons.